The number of methoxy groups -OCH3 is 1. The molecule has 0 atom stereocenters. The number of rotatable bonds is 4. The van der Waals surface area contributed by atoms with Crippen molar-refractivity contribution in [2.75, 3.05) is 12.4 Å². The molecule has 136 valence electrons. The third-order valence-electron chi connectivity index (χ3n) is 3.93. The summed E-state index contributed by atoms with van der Waals surface area (Å²) in [7, 11) is 1.51. The number of fused-ring (bicyclic) bond motifs is 1. The van der Waals surface area contributed by atoms with Crippen LogP contribution in [0.25, 0.3) is 22.6 Å². The molecule has 2 aromatic carbocycles. The minimum atomic E-state index is -0.339. The van der Waals surface area contributed by atoms with Gasteiger partial charge in [-0.2, -0.15) is 5.10 Å². The highest BCUT2D eigenvalue weighted by molar-refractivity contribution is 6.32. The molecule has 0 saturated carbocycles. The van der Waals surface area contributed by atoms with Crippen molar-refractivity contribution in [1.82, 2.24) is 20.2 Å². The number of carbonyl (C=O) groups is 1. The second-order valence-corrected chi connectivity index (χ2v) is 6.56. The van der Waals surface area contributed by atoms with Crippen LogP contribution in [0, 0.1) is 0 Å². The first-order chi connectivity index (χ1) is 13.0. The molecule has 0 bridgehead atoms. The molecular formula is C18H13Cl2N5O2. The maximum absolute atomic E-state index is 12.4. The Balaban J connectivity index is 1.55. The van der Waals surface area contributed by atoms with Crippen LogP contribution in [-0.2, 0) is 0 Å². The summed E-state index contributed by atoms with van der Waals surface area (Å²) in [6, 6.07) is 11.9. The Labute approximate surface area is 163 Å². The lowest BCUT2D eigenvalue weighted by Gasteiger charge is -2.05. The monoisotopic (exact) mass is 401 g/mol. The third-order valence-corrected chi connectivity index (χ3v) is 4.46. The summed E-state index contributed by atoms with van der Waals surface area (Å²) in [6.07, 6.45) is 0. The highest BCUT2D eigenvalue weighted by Crippen LogP contribution is 2.26. The average Bonchev–Trinajstić information content (AvgIpc) is 3.27. The molecule has 2 heterocycles. The van der Waals surface area contributed by atoms with Crippen LogP contribution in [0.1, 0.15) is 10.4 Å². The van der Waals surface area contributed by atoms with Crippen LogP contribution in [0.3, 0.4) is 0 Å². The molecule has 0 saturated heterocycles. The van der Waals surface area contributed by atoms with Gasteiger partial charge in [-0.1, -0.05) is 23.2 Å². The first kappa shape index (κ1) is 17.4. The summed E-state index contributed by atoms with van der Waals surface area (Å²) in [5.74, 6) is 1.11. The van der Waals surface area contributed by atoms with Crippen LogP contribution in [0.4, 0.5) is 5.82 Å². The summed E-state index contributed by atoms with van der Waals surface area (Å²) in [5, 5.41) is 10.6. The van der Waals surface area contributed by atoms with Crippen LogP contribution >= 0.6 is 23.2 Å². The first-order valence-electron chi connectivity index (χ1n) is 7.89. The lowest BCUT2D eigenvalue weighted by Crippen LogP contribution is -2.12. The maximum atomic E-state index is 12.4. The van der Waals surface area contributed by atoms with Crippen molar-refractivity contribution in [2.24, 2.45) is 0 Å². The molecule has 0 unspecified atom stereocenters. The van der Waals surface area contributed by atoms with E-state index in [1.807, 2.05) is 6.07 Å². The normalized spacial score (nSPS) is 10.9. The minimum absolute atomic E-state index is 0.339. The van der Waals surface area contributed by atoms with Crippen molar-refractivity contribution < 1.29 is 9.53 Å². The molecule has 0 aliphatic carbocycles. The van der Waals surface area contributed by atoms with Gasteiger partial charge >= 0.3 is 0 Å². The predicted molar refractivity (Wildman–Crippen MR) is 105 cm³/mol. The molecule has 3 N–H and O–H groups in total. The largest absolute Gasteiger partial charge is 0.495 e. The molecule has 0 aliphatic rings. The van der Waals surface area contributed by atoms with E-state index in [-0.39, 0.29) is 5.91 Å². The molecule has 4 aromatic rings. The number of halogens is 2. The fraction of sp³-hybridized carbons (Fsp3) is 0.0556. The Morgan fingerprint density at radius 3 is 2.78 bits per heavy atom. The molecule has 4 rings (SSSR count). The number of aromatic nitrogens is 4. The zero-order valence-corrected chi connectivity index (χ0v) is 15.5. The summed E-state index contributed by atoms with van der Waals surface area (Å²) in [6.45, 7) is 0. The van der Waals surface area contributed by atoms with Crippen LogP contribution in [0.2, 0.25) is 10.0 Å². The number of aromatic amines is 2. The van der Waals surface area contributed by atoms with Crippen LogP contribution in [0.5, 0.6) is 5.75 Å². The van der Waals surface area contributed by atoms with E-state index in [1.165, 1.54) is 13.2 Å². The van der Waals surface area contributed by atoms with E-state index in [9.17, 15) is 4.79 Å². The Morgan fingerprint density at radius 2 is 2.00 bits per heavy atom. The van der Waals surface area contributed by atoms with Crippen molar-refractivity contribution in [3.63, 3.8) is 0 Å². The van der Waals surface area contributed by atoms with E-state index in [2.05, 4.69) is 25.5 Å². The Morgan fingerprint density at radius 1 is 1.15 bits per heavy atom. The van der Waals surface area contributed by atoms with Gasteiger partial charge in [0.1, 0.15) is 11.4 Å². The SMILES string of the molecule is COc1ccc(C(=O)Nc2cc(-c3nc4ccc(Cl)cc4[nH]3)[nH]n2)cc1Cl. The standard InChI is InChI=1S/C18H13Cl2N5O2/c1-27-15-5-2-9(6-11(15)20)18(26)23-16-8-14(24-25-16)17-21-12-4-3-10(19)7-13(12)22-17/h2-8H,1H3,(H,21,22)(H2,23,24,25,26). The second kappa shape index (κ2) is 6.94. The first-order valence-corrected chi connectivity index (χ1v) is 8.65. The molecular weight excluding hydrogens is 389 g/mol. The van der Waals surface area contributed by atoms with Crippen molar-refractivity contribution in [3.05, 3.63) is 58.1 Å². The van der Waals surface area contributed by atoms with E-state index in [0.717, 1.165) is 11.0 Å². The van der Waals surface area contributed by atoms with Crippen LogP contribution in [-0.4, -0.2) is 33.2 Å². The number of nitrogens with one attached hydrogen (secondary N) is 3. The predicted octanol–water partition coefficient (Wildman–Crippen LogP) is 4.52. The Bertz CT molecular complexity index is 1150. The van der Waals surface area contributed by atoms with Gasteiger partial charge < -0.3 is 15.0 Å². The van der Waals surface area contributed by atoms with Crippen molar-refractivity contribution in [3.8, 4) is 17.3 Å². The van der Waals surface area contributed by atoms with Gasteiger partial charge in [-0.15, -0.1) is 0 Å². The van der Waals surface area contributed by atoms with Gasteiger partial charge in [0.15, 0.2) is 11.6 Å². The van der Waals surface area contributed by atoms with Crippen molar-refractivity contribution >= 4 is 46.0 Å². The molecule has 0 radical (unpaired) electrons. The fourth-order valence-corrected chi connectivity index (χ4v) is 3.04. The minimum Gasteiger partial charge on any atom is -0.495 e. The third kappa shape index (κ3) is 3.47. The number of hydrogen-bond donors (Lipinski definition) is 3. The van der Waals surface area contributed by atoms with Gasteiger partial charge in [0.25, 0.3) is 5.91 Å². The number of benzene rings is 2. The number of amides is 1. The zero-order valence-electron chi connectivity index (χ0n) is 14.0. The lowest BCUT2D eigenvalue weighted by molar-refractivity contribution is 0.102. The zero-order chi connectivity index (χ0) is 19.0. The van der Waals surface area contributed by atoms with E-state index in [0.29, 0.717) is 38.7 Å². The van der Waals surface area contributed by atoms with Gasteiger partial charge in [-0.05, 0) is 36.4 Å². The van der Waals surface area contributed by atoms with Crippen molar-refractivity contribution in [1.29, 1.82) is 0 Å². The second-order valence-electron chi connectivity index (χ2n) is 5.72. The summed E-state index contributed by atoms with van der Waals surface area (Å²) in [4.78, 5) is 20.0. The number of nitrogens with zero attached hydrogens (tertiary/aromatic N) is 2. The van der Waals surface area contributed by atoms with Crippen LogP contribution < -0.4 is 10.1 Å². The van der Waals surface area contributed by atoms with Gasteiger partial charge in [0.05, 0.1) is 23.2 Å². The molecule has 1 amide bonds. The summed E-state index contributed by atoms with van der Waals surface area (Å²) in [5.41, 5.74) is 2.61. The van der Waals surface area contributed by atoms with E-state index in [4.69, 9.17) is 27.9 Å². The van der Waals surface area contributed by atoms with Gasteiger partial charge in [-0.25, -0.2) is 4.98 Å². The fourth-order valence-electron chi connectivity index (χ4n) is 2.61. The topological polar surface area (TPSA) is 95.7 Å². The molecule has 27 heavy (non-hydrogen) atoms. The molecule has 2 aromatic heterocycles. The number of carbonyl (C=O) groups excluding carboxylic acids is 1. The molecule has 0 spiro atoms. The Kier molecular flexibility index (Phi) is 4.47. The number of ether oxygens (including phenoxy) is 1. The summed E-state index contributed by atoms with van der Waals surface area (Å²) < 4.78 is 5.08. The van der Waals surface area contributed by atoms with Crippen molar-refractivity contribution in [2.45, 2.75) is 0 Å². The highest BCUT2D eigenvalue weighted by Gasteiger charge is 2.13. The highest BCUT2D eigenvalue weighted by atomic mass is 35.5. The molecule has 7 nitrogen and oxygen atoms in total. The lowest BCUT2D eigenvalue weighted by atomic mass is 10.2. The average molecular weight is 402 g/mol. The molecule has 9 heteroatoms. The number of hydrogen-bond acceptors (Lipinski definition) is 4. The maximum Gasteiger partial charge on any atom is 0.256 e. The molecule has 0 aliphatic heterocycles. The van der Waals surface area contributed by atoms with E-state index < -0.39 is 0 Å². The summed E-state index contributed by atoms with van der Waals surface area (Å²) >= 11 is 12.1. The van der Waals surface area contributed by atoms with Gasteiger partial charge in [0, 0.05) is 16.7 Å². The smallest absolute Gasteiger partial charge is 0.256 e. The van der Waals surface area contributed by atoms with E-state index >= 15 is 0 Å². The Hall–Kier alpha value is -3.03. The quantitative estimate of drug-likeness (QED) is 0.468. The van der Waals surface area contributed by atoms with E-state index in [1.54, 1.807) is 30.3 Å². The molecule has 0 fully saturated rings. The van der Waals surface area contributed by atoms with Gasteiger partial charge in [-0.3, -0.25) is 9.89 Å². The number of anilines is 1. The number of imidazole rings is 1. The van der Waals surface area contributed by atoms with Gasteiger partial charge in [0.2, 0.25) is 0 Å². The van der Waals surface area contributed by atoms with Crippen LogP contribution in [0.15, 0.2) is 42.5 Å². The number of H-pyrrole nitrogens is 2.